The van der Waals surface area contributed by atoms with E-state index in [4.69, 9.17) is 15.0 Å². The number of fused-ring (bicyclic) bond motifs is 2. The van der Waals surface area contributed by atoms with Crippen LogP contribution < -0.4 is 11.1 Å². The van der Waals surface area contributed by atoms with Gasteiger partial charge in [-0.3, -0.25) is 0 Å². The van der Waals surface area contributed by atoms with Crippen molar-refractivity contribution in [1.82, 2.24) is 10.1 Å². The monoisotopic (exact) mass is 359 g/mol. The summed E-state index contributed by atoms with van der Waals surface area (Å²) in [5.41, 5.74) is 7.00. The Morgan fingerprint density at radius 2 is 2.19 bits per heavy atom. The average Bonchev–Trinajstić information content (AvgIpc) is 3.04. The molecule has 8 nitrogen and oxygen atoms in total. The Labute approximate surface area is 152 Å². The third-order valence-corrected chi connectivity index (χ3v) is 5.25. The number of likely N-dealkylation sites (tertiary alicyclic amines) is 1. The number of anilines is 1. The van der Waals surface area contributed by atoms with Gasteiger partial charge in [0.2, 0.25) is 0 Å². The minimum absolute atomic E-state index is 0.316. The predicted octanol–water partition coefficient (Wildman–Crippen LogP) is 2.63. The molecule has 0 bridgehead atoms. The number of nitrogens with two attached hydrogens (primary N) is 1. The Bertz CT molecular complexity index is 753. The summed E-state index contributed by atoms with van der Waals surface area (Å²) in [7, 11) is 0. The molecule has 1 fully saturated rings. The van der Waals surface area contributed by atoms with Crippen molar-refractivity contribution in [2.45, 2.75) is 51.4 Å². The van der Waals surface area contributed by atoms with Gasteiger partial charge in [-0.05, 0) is 26.2 Å². The molecule has 0 aliphatic carbocycles. The van der Waals surface area contributed by atoms with Crippen LogP contribution >= 0.6 is 0 Å². The number of ether oxygens (including phenoxy) is 1. The summed E-state index contributed by atoms with van der Waals surface area (Å²) in [4.78, 5) is 13.7. The Morgan fingerprint density at radius 3 is 2.81 bits per heavy atom. The highest BCUT2D eigenvalue weighted by atomic mass is 16.6. The Balaban J connectivity index is 1.96. The van der Waals surface area contributed by atoms with Crippen molar-refractivity contribution in [3.8, 4) is 6.07 Å². The zero-order valence-corrected chi connectivity index (χ0v) is 15.3. The lowest BCUT2D eigenvalue weighted by Crippen LogP contribution is -2.48. The van der Waals surface area contributed by atoms with Gasteiger partial charge in [0.1, 0.15) is 11.6 Å². The number of carbonyl (C=O) groups excluding carboxylic acids is 1. The fraction of sp³-hybridized carbons (Fsp3) is 0.611. The summed E-state index contributed by atoms with van der Waals surface area (Å²) >= 11 is 0. The van der Waals surface area contributed by atoms with Crippen LogP contribution in [0.2, 0.25) is 0 Å². The molecular weight excluding hydrogens is 334 g/mol. The molecule has 26 heavy (non-hydrogen) atoms. The Kier molecular flexibility index (Phi) is 5.07. The molecule has 0 aromatic carbocycles. The molecule has 3 N–H and O–H groups in total. The number of aryl methyl sites for hydroxylation is 1. The zero-order chi connectivity index (χ0) is 18.7. The minimum atomic E-state index is -0.564. The van der Waals surface area contributed by atoms with Crippen LogP contribution in [0.5, 0.6) is 0 Å². The first-order valence-corrected chi connectivity index (χ1v) is 9.15. The zero-order valence-electron chi connectivity index (χ0n) is 15.3. The van der Waals surface area contributed by atoms with Crippen molar-refractivity contribution in [3.63, 3.8) is 0 Å². The molecule has 3 heterocycles. The van der Waals surface area contributed by atoms with Gasteiger partial charge in [-0.15, -0.1) is 0 Å². The molecule has 2 aliphatic rings. The maximum Gasteiger partial charge on any atom is 0.409 e. The van der Waals surface area contributed by atoms with Gasteiger partial charge >= 0.3 is 6.09 Å². The van der Waals surface area contributed by atoms with E-state index in [0.717, 1.165) is 30.6 Å². The van der Waals surface area contributed by atoms with Crippen LogP contribution in [-0.4, -0.2) is 35.8 Å². The molecule has 8 heteroatoms. The number of carbonyl (C=O) groups is 1. The smallest absolute Gasteiger partial charge is 0.409 e. The second-order valence-electron chi connectivity index (χ2n) is 6.73. The highest BCUT2D eigenvalue weighted by molar-refractivity contribution is 5.69. The highest BCUT2D eigenvalue weighted by Gasteiger charge is 2.49. The number of hydrogen-bond acceptors (Lipinski definition) is 7. The van der Waals surface area contributed by atoms with E-state index in [1.54, 1.807) is 11.8 Å². The van der Waals surface area contributed by atoms with E-state index < -0.39 is 5.41 Å². The number of nitriles is 1. The van der Waals surface area contributed by atoms with E-state index >= 15 is 0 Å². The normalized spacial score (nSPS) is 18.3. The van der Waals surface area contributed by atoms with Crippen LogP contribution in [0, 0.1) is 11.3 Å². The van der Waals surface area contributed by atoms with E-state index in [9.17, 15) is 10.1 Å². The largest absolute Gasteiger partial charge is 0.450 e. The van der Waals surface area contributed by atoms with Crippen LogP contribution in [0.1, 0.15) is 50.9 Å². The Hall–Kier alpha value is -2.69. The first kappa shape index (κ1) is 18.1. The van der Waals surface area contributed by atoms with Crippen molar-refractivity contribution in [3.05, 3.63) is 22.7 Å². The fourth-order valence-electron chi connectivity index (χ4n) is 3.94. The van der Waals surface area contributed by atoms with Crippen molar-refractivity contribution in [2.24, 2.45) is 5.73 Å². The Morgan fingerprint density at radius 1 is 1.46 bits per heavy atom. The number of amides is 1. The maximum atomic E-state index is 12.0. The number of unbranched alkanes of at least 4 members (excludes halogenated alkanes) is 1. The summed E-state index contributed by atoms with van der Waals surface area (Å²) in [6, 6.07) is 2.29. The number of aromatic nitrogens is 1. The van der Waals surface area contributed by atoms with Crippen molar-refractivity contribution in [2.75, 3.05) is 25.0 Å². The molecule has 1 aromatic heterocycles. The molecule has 140 valence electrons. The van der Waals surface area contributed by atoms with Crippen LogP contribution in [-0.2, 0) is 16.6 Å². The van der Waals surface area contributed by atoms with Gasteiger partial charge in [-0.2, -0.15) is 5.26 Å². The molecule has 0 saturated carbocycles. The molecule has 1 saturated heterocycles. The third kappa shape index (κ3) is 2.87. The van der Waals surface area contributed by atoms with Crippen LogP contribution in [0.25, 0.3) is 0 Å². The van der Waals surface area contributed by atoms with Crippen molar-refractivity contribution < 1.29 is 14.1 Å². The number of hydrogen-bond donors (Lipinski definition) is 2. The van der Waals surface area contributed by atoms with Gasteiger partial charge in [-0.1, -0.05) is 18.5 Å². The summed E-state index contributed by atoms with van der Waals surface area (Å²) in [6.45, 7) is 5.24. The van der Waals surface area contributed by atoms with Crippen LogP contribution in [0.4, 0.5) is 10.6 Å². The topological polar surface area (TPSA) is 117 Å². The highest BCUT2D eigenvalue weighted by Crippen LogP contribution is 2.49. The van der Waals surface area contributed by atoms with E-state index in [0.29, 0.717) is 49.7 Å². The van der Waals surface area contributed by atoms with Gasteiger partial charge in [0.25, 0.3) is 0 Å². The number of rotatable bonds is 4. The van der Waals surface area contributed by atoms with Gasteiger partial charge in [0, 0.05) is 24.9 Å². The van der Waals surface area contributed by atoms with Crippen molar-refractivity contribution in [1.29, 1.82) is 5.26 Å². The van der Waals surface area contributed by atoms with Gasteiger partial charge in [0.15, 0.2) is 5.82 Å². The lowest BCUT2D eigenvalue weighted by Gasteiger charge is -2.43. The quantitative estimate of drug-likeness (QED) is 0.848. The second-order valence-corrected chi connectivity index (χ2v) is 6.73. The summed E-state index contributed by atoms with van der Waals surface area (Å²) in [5.74, 6) is 1.72. The SMILES string of the molecule is CCCCc1onc2c1C1(CCN(C(=O)OCC)CC1)C(C#N)=C(N)N2. The summed E-state index contributed by atoms with van der Waals surface area (Å²) in [6.07, 6.45) is 3.64. The molecule has 1 spiro atoms. The van der Waals surface area contributed by atoms with Gasteiger partial charge < -0.3 is 25.2 Å². The molecule has 3 rings (SSSR count). The maximum absolute atomic E-state index is 12.0. The summed E-state index contributed by atoms with van der Waals surface area (Å²) < 4.78 is 10.7. The van der Waals surface area contributed by atoms with Gasteiger partial charge in [0.05, 0.1) is 23.8 Å². The number of nitrogens with one attached hydrogen (secondary N) is 1. The lowest BCUT2D eigenvalue weighted by atomic mass is 9.66. The molecule has 0 radical (unpaired) electrons. The second kappa shape index (κ2) is 7.28. The average molecular weight is 359 g/mol. The van der Waals surface area contributed by atoms with Crippen LogP contribution in [0.15, 0.2) is 15.9 Å². The van der Waals surface area contributed by atoms with E-state index in [1.165, 1.54) is 0 Å². The minimum Gasteiger partial charge on any atom is -0.450 e. The molecule has 0 atom stereocenters. The standard InChI is InChI=1S/C18H25N5O3/c1-3-5-6-13-14-16(22-26-13)21-15(20)12(11-19)18(14)7-9-23(10-8-18)17(24)25-4-2/h3-10,20H2,1-2H3,(H,21,22). The molecule has 2 aliphatic heterocycles. The van der Waals surface area contributed by atoms with Crippen molar-refractivity contribution >= 4 is 11.9 Å². The molecule has 1 aromatic rings. The first-order chi connectivity index (χ1) is 12.6. The fourth-order valence-corrected chi connectivity index (χ4v) is 3.94. The third-order valence-electron chi connectivity index (χ3n) is 5.25. The number of piperidine rings is 1. The van der Waals surface area contributed by atoms with E-state index in [-0.39, 0.29) is 6.09 Å². The predicted molar refractivity (Wildman–Crippen MR) is 95.1 cm³/mol. The van der Waals surface area contributed by atoms with Crippen LogP contribution in [0.3, 0.4) is 0 Å². The first-order valence-electron chi connectivity index (χ1n) is 9.15. The molecule has 0 unspecified atom stereocenters. The number of nitrogens with zero attached hydrogens (tertiary/aromatic N) is 3. The van der Waals surface area contributed by atoms with Gasteiger partial charge in [-0.25, -0.2) is 4.79 Å². The number of allylic oxidation sites excluding steroid dienone is 1. The summed E-state index contributed by atoms with van der Waals surface area (Å²) in [5, 5.41) is 16.9. The lowest BCUT2D eigenvalue weighted by molar-refractivity contribution is 0.0904. The molecular formula is C18H25N5O3. The van der Waals surface area contributed by atoms with E-state index in [1.807, 2.05) is 0 Å². The van der Waals surface area contributed by atoms with E-state index in [2.05, 4.69) is 23.5 Å². The molecule has 1 amide bonds.